The van der Waals surface area contributed by atoms with E-state index < -0.39 is 0 Å². The van der Waals surface area contributed by atoms with Crippen molar-refractivity contribution in [1.29, 1.82) is 0 Å². The zero-order chi connectivity index (χ0) is 12.8. The van der Waals surface area contributed by atoms with Gasteiger partial charge in [-0.2, -0.15) is 5.10 Å². The second kappa shape index (κ2) is 6.15. The van der Waals surface area contributed by atoms with Crippen LogP contribution in [0.5, 0.6) is 0 Å². The molecule has 0 aliphatic heterocycles. The van der Waals surface area contributed by atoms with Gasteiger partial charge in [-0.05, 0) is 26.3 Å². The molecule has 1 rings (SSSR count). The molecule has 0 bridgehead atoms. The number of aromatic nitrogens is 2. The summed E-state index contributed by atoms with van der Waals surface area (Å²) in [5.41, 5.74) is -0.0244. The van der Waals surface area contributed by atoms with Gasteiger partial charge in [-0.1, -0.05) is 0 Å². The lowest BCUT2D eigenvalue weighted by atomic mass is 10.2. The van der Waals surface area contributed by atoms with Gasteiger partial charge in [-0.3, -0.25) is 9.59 Å². The quantitative estimate of drug-likeness (QED) is 0.743. The topological polar surface area (TPSA) is 84.2 Å². The third-order valence-corrected chi connectivity index (χ3v) is 2.34. The predicted octanol–water partition coefficient (Wildman–Crippen LogP) is -0.236. The van der Waals surface area contributed by atoms with Crippen molar-refractivity contribution >= 4 is 5.91 Å². The van der Waals surface area contributed by atoms with Gasteiger partial charge < -0.3 is 10.4 Å². The summed E-state index contributed by atoms with van der Waals surface area (Å²) >= 11 is 0. The number of nitrogens with one attached hydrogen (secondary N) is 1. The average Bonchev–Trinajstić information content (AvgIpc) is 2.29. The second-order valence-electron chi connectivity index (χ2n) is 3.76. The highest BCUT2D eigenvalue weighted by Gasteiger charge is 2.11. The van der Waals surface area contributed by atoms with Crippen molar-refractivity contribution in [2.45, 2.75) is 32.9 Å². The minimum Gasteiger partial charge on any atom is -0.396 e. The second-order valence-corrected chi connectivity index (χ2v) is 3.76. The normalized spacial score (nSPS) is 12.2. The predicted molar refractivity (Wildman–Crippen MR) is 62.8 cm³/mol. The van der Waals surface area contributed by atoms with Crippen LogP contribution in [0.2, 0.25) is 0 Å². The third kappa shape index (κ3) is 3.67. The van der Waals surface area contributed by atoms with Crippen LogP contribution < -0.4 is 10.9 Å². The molecule has 17 heavy (non-hydrogen) atoms. The van der Waals surface area contributed by atoms with Gasteiger partial charge in [0.25, 0.3) is 11.5 Å². The fourth-order valence-corrected chi connectivity index (χ4v) is 1.36. The van der Waals surface area contributed by atoms with E-state index in [0.29, 0.717) is 13.0 Å². The number of rotatable bonds is 5. The van der Waals surface area contributed by atoms with Crippen LogP contribution >= 0.6 is 0 Å². The molecule has 1 aromatic heterocycles. The lowest BCUT2D eigenvalue weighted by Crippen LogP contribution is -2.35. The van der Waals surface area contributed by atoms with Crippen molar-refractivity contribution < 1.29 is 9.90 Å². The summed E-state index contributed by atoms with van der Waals surface area (Å²) in [6.07, 6.45) is 0.485. The first-order chi connectivity index (χ1) is 8.08. The van der Waals surface area contributed by atoms with Crippen LogP contribution in [-0.2, 0) is 6.54 Å². The Morgan fingerprint density at radius 3 is 2.88 bits per heavy atom. The van der Waals surface area contributed by atoms with Crippen molar-refractivity contribution in [2.24, 2.45) is 0 Å². The van der Waals surface area contributed by atoms with Gasteiger partial charge in [0.05, 0.1) is 0 Å². The molecule has 0 radical (unpaired) electrons. The van der Waals surface area contributed by atoms with Gasteiger partial charge >= 0.3 is 0 Å². The molecule has 0 saturated carbocycles. The zero-order valence-corrected chi connectivity index (χ0v) is 10.0. The maximum absolute atomic E-state index is 11.7. The van der Waals surface area contributed by atoms with Crippen molar-refractivity contribution in [2.75, 3.05) is 6.61 Å². The fourth-order valence-electron chi connectivity index (χ4n) is 1.36. The van der Waals surface area contributed by atoms with Crippen LogP contribution in [0.3, 0.4) is 0 Å². The third-order valence-electron chi connectivity index (χ3n) is 2.34. The first-order valence-electron chi connectivity index (χ1n) is 5.58. The summed E-state index contributed by atoms with van der Waals surface area (Å²) in [7, 11) is 0. The molecule has 1 atom stereocenters. The minimum absolute atomic E-state index is 0.0172. The molecule has 2 N–H and O–H groups in total. The molecule has 1 amide bonds. The molecule has 1 unspecified atom stereocenters. The summed E-state index contributed by atoms with van der Waals surface area (Å²) in [6, 6.07) is 2.59. The molecule has 0 aromatic carbocycles. The number of aliphatic hydroxyl groups is 1. The number of nitrogens with zero attached hydrogens (tertiary/aromatic N) is 2. The first-order valence-corrected chi connectivity index (χ1v) is 5.58. The smallest absolute Gasteiger partial charge is 0.271 e. The number of hydrogen-bond donors (Lipinski definition) is 2. The van der Waals surface area contributed by atoms with Crippen molar-refractivity contribution in [3.05, 3.63) is 28.2 Å². The summed E-state index contributed by atoms with van der Waals surface area (Å²) in [5.74, 6) is -0.340. The number of carbonyl (C=O) groups is 1. The monoisotopic (exact) mass is 239 g/mol. The van der Waals surface area contributed by atoms with Crippen LogP contribution in [0.25, 0.3) is 0 Å². The van der Waals surface area contributed by atoms with Gasteiger partial charge in [0.15, 0.2) is 0 Å². The SMILES string of the molecule is CCn1nc(C(=O)NC(C)CCO)ccc1=O. The van der Waals surface area contributed by atoms with Crippen LogP contribution in [0.4, 0.5) is 0 Å². The van der Waals surface area contributed by atoms with E-state index in [4.69, 9.17) is 5.11 Å². The standard InChI is InChI=1S/C11H17N3O3/c1-3-14-10(16)5-4-9(13-14)11(17)12-8(2)6-7-15/h4-5,8,15H,3,6-7H2,1-2H3,(H,12,17). The maximum atomic E-state index is 11.7. The van der Waals surface area contributed by atoms with E-state index in [9.17, 15) is 9.59 Å². The summed E-state index contributed by atoms with van der Waals surface area (Å²) < 4.78 is 1.23. The Hall–Kier alpha value is -1.69. The number of carbonyl (C=O) groups excluding carboxylic acids is 1. The molecule has 0 aliphatic carbocycles. The average molecular weight is 239 g/mol. The molecule has 0 spiro atoms. The Bertz CT molecular complexity index is 442. The molecular weight excluding hydrogens is 222 g/mol. The van der Waals surface area contributed by atoms with Gasteiger partial charge in [0.2, 0.25) is 0 Å². The lowest BCUT2D eigenvalue weighted by Gasteiger charge is -2.12. The number of aryl methyl sites for hydroxylation is 1. The molecule has 1 aromatic rings. The van der Waals surface area contributed by atoms with Crippen LogP contribution in [-0.4, -0.2) is 33.4 Å². The van der Waals surface area contributed by atoms with E-state index in [1.807, 2.05) is 0 Å². The molecule has 6 nitrogen and oxygen atoms in total. The molecule has 0 saturated heterocycles. The summed E-state index contributed by atoms with van der Waals surface area (Å²) in [4.78, 5) is 23.0. The van der Waals surface area contributed by atoms with Gasteiger partial charge in [-0.25, -0.2) is 4.68 Å². The van der Waals surface area contributed by atoms with Gasteiger partial charge in [0, 0.05) is 25.3 Å². The lowest BCUT2D eigenvalue weighted by molar-refractivity contribution is 0.0927. The van der Waals surface area contributed by atoms with E-state index in [-0.39, 0.29) is 29.8 Å². The Kier molecular flexibility index (Phi) is 4.84. The van der Waals surface area contributed by atoms with Crippen molar-refractivity contribution in [3.8, 4) is 0 Å². The molecule has 94 valence electrons. The van der Waals surface area contributed by atoms with Crippen LogP contribution in [0.1, 0.15) is 30.8 Å². The van der Waals surface area contributed by atoms with E-state index in [1.54, 1.807) is 13.8 Å². The molecule has 0 fully saturated rings. The number of aliphatic hydroxyl groups excluding tert-OH is 1. The fraction of sp³-hybridized carbons (Fsp3) is 0.545. The van der Waals surface area contributed by atoms with Crippen LogP contribution in [0, 0.1) is 0 Å². The van der Waals surface area contributed by atoms with E-state index >= 15 is 0 Å². The van der Waals surface area contributed by atoms with E-state index in [1.165, 1.54) is 16.8 Å². The van der Waals surface area contributed by atoms with Crippen molar-refractivity contribution in [3.63, 3.8) is 0 Å². The van der Waals surface area contributed by atoms with E-state index in [0.717, 1.165) is 0 Å². The van der Waals surface area contributed by atoms with E-state index in [2.05, 4.69) is 10.4 Å². The van der Waals surface area contributed by atoms with Crippen molar-refractivity contribution in [1.82, 2.24) is 15.1 Å². The number of amides is 1. The molecule has 6 heteroatoms. The van der Waals surface area contributed by atoms with Gasteiger partial charge in [-0.15, -0.1) is 0 Å². The Morgan fingerprint density at radius 2 is 2.29 bits per heavy atom. The molecule has 0 aliphatic rings. The Labute approximate surface area is 99.3 Å². The largest absolute Gasteiger partial charge is 0.396 e. The highest BCUT2D eigenvalue weighted by molar-refractivity contribution is 5.92. The van der Waals surface area contributed by atoms with Gasteiger partial charge in [0.1, 0.15) is 5.69 Å². The highest BCUT2D eigenvalue weighted by Crippen LogP contribution is 1.95. The summed E-state index contributed by atoms with van der Waals surface area (Å²) in [5, 5.41) is 15.4. The molecular formula is C11H17N3O3. The Morgan fingerprint density at radius 1 is 1.59 bits per heavy atom. The summed E-state index contributed by atoms with van der Waals surface area (Å²) in [6.45, 7) is 4.02. The Balaban J connectivity index is 2.79. The molecule has 1 heterocycles. The first kappa shape index (κ1) is 13.4. The number of hydrogen-bond acceptors (Lipinski definition) is 4. The maximum Gasteiger partial charge on any atom is 0.271 e. The van der Waals surface area contributed by atoms with Crippen LogP contribution in [0.15, 0.2) is 16.9 Å². The minimum atomic E-state index is -0.340. The highest BCUT2D eigenvalue weighted by atomic mass is 16.3. The zero-order valence-electron chi connectivity index (χ0n) is 10.0.